The van der Waals surface area contributed by atoms with E-state index in [2.05, 4.69) is 22.1 Å². The summed E-state index contributed by atoms with van der Waals surface area (Å²) < 4.78 is 0. The molecule has 0 unspecified atom stereocenters. The predicted octanol–water partition coefficient (Wildman–Crippen LogP) is 1.09. The van der Waals surface area contributed by atoms with Gasteiger partial charge in [0.1, 0.15) is 0 Å². The van der Waals surface area contributed by atoms with Crippen LogP contribution >= 0.6 is 0 Å². The molecular formula is C11H20N2. The zero-order valence-electron chi connectivity index (χ0n) is 8.60. The van der Waals surface area contributed by atoms with E-state index >= 15 is 0 Å². The standard InChI is InChI=1S/C11H20N2/c1-2-3-7-12-8-11-13-9-5-4-6-10-13/h12H,4-11H2,1H3. The van der Waals surface area contributed by atoms with Gasteiger partial charge in [-0.2, -0.15) is 0 Å². The average Bonchev–Trinajstić information content (AvgIpc) is 2.19. The molecule has 0 spiro atoms. The van der Waals surface area contributed by atoms with Crippen molar-refractivity contribution < 1.29 is 0 Å². The number of nitrogens with zero attached hydrogens (tertiary/aromatic N) is 1. The number of piperidine rings is 1. The normalized spacial score (nSPS) is 17.9. The second kappa shape index (κ2) is 6.94. The van der Waals surface area contributed by atoms with Gasteiger partial charge in [0, 0.05) is 13.1 Å². The van der Waals surface area contributed by atoms with Crippen molar-refractivity contribution in [3.63, 3.8) is 0 Å². The first-order valence-corrected chi connectivity index (χ1v) is 5.26. The lowest BCUT2D eigenvalue weighted by Crippen LogP contribution is -2.35. The third kappa shape index (κ3) is 4.92. The van der Waals surface area contributed by atoms with Gasteiger partial charge in [-0.25, -0.2) is 0 Å². The predicted molar refractivity (Wildman–Crippen MR) is 56.6 cm³/mol. The quantitative estimate of drug-likeness (QED) is 0.514. The molecule has 0 aromatic rings. The fourth-order valence-electron chi connectivity index (χ4n) is 1.66. The van der Waals surface area contributed by atoms with E-state index in [0.29, 0.717) is 0 Å². The Labute approximate surface area is 81.7 Å². The van der Waals surface area contributed by atoms with E-state index in [4.69, 9.17) is 0 Å². The molecule has 0 saturated carbocycles. The van der Waals surface area contributed by atoms with E-state index in [1.165, 1.54) is 38.9 Å². The SMILES string of the molecule is CC#CCNCCN1CCCCC1. The van der Waals surface area contributed by atoms with Crippen LogP contribution in [-0.2, 0) is 0 Å². The molecule has 0 aromatic heterocycles. The monoisotopic (exact) mass is 180 g/mol. The Kier molecular flexibility index (Phi) is 5.64. The van der Waals surface area contributed by atoms with Gasteiger partial charge >= 0.3 is 0 Å². The summed E-state index contributed by atoms with van der Waals surface area (Å²) in [6, 6.07) is 0. The van der Waals surface area contributed by atoms with Crippen molar-refractivity contribution in [1.82, 2.24) is 10.2 Å². The Morgan fingerprint density at radius 1 is 1.23 bits per heavy atom. The first kappa shape index (κ1) is 10.6. The lowest BCUT2D eigenvalue weighted by molar-refractivity contribution is 0.230. The highest BCUT2D eigenvalue weighted by Gasteiger charge is 2.08. The molecule has 1 fully saturated rings. The highest BCUT2D eigenvalue weighted by molar-refractivity contribution is 4.96. The smallest absolute Gasteiger partial charge is 0.0576 e. The Morgan fingerprint density at radius 2 is 2.00 bits per heavy atom. The van der Waals surface area contributed by atoms with Gasteiger partial charge in [-0.3, -0.25) is 0 Å². The molecule has 1 saturated heterocycles. The van der Waals surface area contributed by atoms with Crippen LogP contribution in [0.15, 0.2) is 0 Å². The fraction of sp³-hybridized carbons (Fsp3) is 0.818. The lowest BCUT2D eigenvalue weighted by atomic mass is 10.1. The minimum Gasteiger partial charge on any atom is -0.305 e. The Hall–Kier alpha value is -0.520. The number of rotatable bonds is 4. The lowest BCUT2D eigenvalue weighted by Gasteiger charge is -2.26. The minimum absolute atomic E-state index is 0.838. The van der Waals surface area contributed by atoms with Crippen molar-refractivity contribution in [2.75, 3.05) is 32.7 Å². The number of hydrogen-bond donors (Lipinski definition) is 1. The molecule has 1 aliphatic rings. The molecule has 0 aliphatic carbocycles. The van der Waals surface area contributed by atoms with Gasteiger partial charge in [-0.05, 0) is 32.9 Å². The van der Waals surface area contributed by atoms with Crippen LogP contribution in [0.2, 0.25) is 0 Å². The fourth-order valence-corrected chi connectivity index (χ4v) is 1.66. The van der Waals surface area contributed by atoms with Gasteiger partial charge in [-0.1, -0.05) is 12.3 Å². The minimum atomic E-state index is 0.838. The van der Waals surface area contributed by atoms with E-state index in [1.54, 1.807) is 0 Å². The number of likely N-dealkylation sites (tertiary alicyclic amines) is 1. The summed E-state index contributed by atoms with van der Waals surface area (Å²) in [5, 5.41) is 3.32. The van der Waals surface area contributed by atoms with Crippen LogP contribution in [0.3, 0.4) is 0 Å². The van der Waals surface area contributed by atoms with E-state index in [1.807, 2.05) is 6.92 Å². The van der Waals surface area contributed by atoms with E-state index < -0.39 is 0 Å². The molecule has 0 radical (unpaired) electrons. The van der Waals surface area contributed by atoms with Crippen molar-refractivity contribution in [2.45, 2.75) is 26.2 Å². The number of hydrogen-bond acceptors (Lipinski definition) is 2. The second-order valence-corrected chi connectivity index (χ2v) is 3.51. The maximum absolute atomic E-state index is 3.32. The van der Waals surface area contributed by atoms with Crippen molar-refractivity contribution in [3.05, 3.63) is 0 Å². The zero-order valence-corrected chi connectivity index (χ0v) is 8.60. The third-order valence-corrected chi connectivity index (χ3v) is 2.44. The van der Waals surface area contributed by atoms with Gasteiger partial charge in [0.15, 0.2) is 0 Å². The molecule has 1 rings (SSSR count). The molecular weight excluding hydrogens is 160 g/mol. The van der Waals surface area contributed by atoms with Crippen LogP contribution < -0.4 is 5.32 Å². The van der Waals surface area contributed by atoms with Gasteiger partial charge < -0.3 is 10.2 Å². The van der Waals surface area contributed by atoms with Crippen LogP contribution in [0.4, 0.5) is 0 Å². The molecule has 0 bridgehead atoms. The summed E-state index contributed by atoms with van der Waals surface area (Å²) in [6.07, 6.45) is 4.19. The summed E-state index contributed by atoms with van der Waals surface area (Å²) in [7, 11) is 0. The Morgan fingerprint density at radius 3 is 2.69 bits per heavy atom. The molecule has 2 heteroatoms. The largest absolute Gasteiger partial charge is 0.305 e. The van der Waals surface area contributed by atoms with Crippen LogP contribution in [0.25, 0.3) is 0 Å². The Bertz CT molecular complexity index is 172. The first-order valence-electron chi connectivity index (χ1n) is 5.26. The highest BCUT2D eigenvalue weighted by atomic mass is 15.1. The van der Waals surface area contributed by atoms with Gasteiger partial charge in [0.05, 0.1) is 6.54 Å². The zero-order chi connectivity index (χ0) is 9.36. The average molecular weight is 180 g/mol. The number of nitrogens with one attached hydrogen (secondary N) is 1. The molecule has 13 heavy (non-hydrogen) atoms. The summed E-state index contributed by atoms with van der Waals surface area (Å²) in [5.41, 5.74) is 0. The summed E-state index contributed by atoms with van der Waals surface area (Å²) in [5.74, 6) is 5.89. The van der Waals surface area contributed by atoms with Crippen molar-refractivity contribution in [1.29, 1.82) is 0 Å². The van der Waals surface area contributed by atoms with Gasteiger partial charge in [0.25, 0.3) is 0 Å². The van der Waals surface area contributed by atoms with E-state index in [-0.39, 0.29) is 0 Å². The second-order valence-electron chi connectivity index (χ2n) is 3.51. The summed E-state index contributed by atoms with van der Waals surface area (Å²) in [6.45, 7) is 7.57. The first-order chi connectivity index (χ1) is 6.43. The maximum atomic E-state index is 3.32. The Balaban J connectivity index is 1.94. The van der Waals surface area contributed by atoms with Crippen LogP contribution in [0.5, 0.6) is 0 Å². The van der Waals surface area contributed by atoms with Crippen molar-refractivity contribution in [3.8, 4) is 11.8 Å². The molecule has 1 aliphatic heterocycles. The molecule has 74 valence electrons. The highest BCUT2D eigenvalue weighted by Crippen LogP contribution is 2.06. The van der Waals surface area contributed by atoms with Gasteiger partial charge in [-0.15, -0.1) is 5.92 Å². The molecule has 2 nitrogen and oxygen atoms in total. The van der Waals surface area contributed by atoms with Crippen molar-refractivity contribution in [2.24, 2.45) is 0 Å². The molecule has 1 N–H and O–H groups in total. The topological polar surface area (TPSA) is 15.3 Å². The molecule has 0 amide bonds. The van der Waals surface area contributed by atoms with E-state index in [0.717, 1.165) is 13.1 Å². The van der Waals surface area contributed by atoms with Gasteiger partial charge in [0.2, 0.25) is 0 Å². The van der Waals surface area contributed by atoms with Crippen LogP contribution in [0.1, 0.15) is 26.2 Å². The molecule has 0 atom stereocenters. The third-order valence-electron chi connectivity index (χ3n) is 2.44. The summed E-state index contributed by atoms with van der Waals surface area (Å²) >= 11 is 0. The van der Waals surface area contributed by atoms with Crippen LogP contribution in [0, 0.1) is 11.8 Å². The molecule has 1 heterocycles. The maximum Gasteiger partial charge on any atom is 0.0576 e. The van der Waals surface area contributed by atoms with Crippen molar-refractivity contribution >= 4 is 0 Å². The van der Waals surface area contributed by atoms with Crippen LogP contribution in [-0.4, -0.2) is 37.6 Å². The van der Waals surface area contributed by atoms with E-state index in [9.17, 15) is 0 Å². The molecule has 0 aromatic carbocycles. The summed E-state index contributed by atoms with van der Waals surface area (Å²) in [4.78, 5) is 2.54.